The number of carbonyl (C=O) groups is 1. The molecule has 0 radical (unpaired) electrons. The normalized spacial score (nSPS) is 10.9. The van der Waals surface area contributed by atoms with E-state index in [0.717, 1.165) is 10.0 Å². The zero-order valence-electron chi connectivity index (χ0n) is 10.5. The highest BCUT2D eigenvalue weighted by Gasteiger charge is 2.09. The number of furan rings is 1. The van der Waals surface area contributed by atoms with Gasteiger partial charge in [-0.15, -0.1) is 0 Å². The van der Waals surface area contributed by atoms with Gasteiger partial charge < -0.3 is 9.73 Å². The quantitative estimate of drug-likeness (QED) is 0.691. The molecular formula is C15H11BrN2O2. The molecule has 0 bridgehead atoms. The van der Waals surface area contributed by atoms with Crippen molar-refractivity contribution in [1.82, 2.24) is 5.32 Å². The molecule has 0 aliphatic heterocycles. The highest BCUT2D eigenvalue weighted by molar-refractivity contribution is 9.10. The Kier molecular flexibility index (Phi) is 4.75. The Morgan fingerprint density at radius 1 is 1.40 bits per heavy atom. The van der Waals surface area contributed by atoms with Crippen LogP contribution in [-0.2, 0) is 11.3 Å². The summed E-state index contributed by atoms with van der Waals surface area (Å²) in [5, 5.41) is 11.7. The fourth-order valence-electron chi connectivity index (χ4n) is 1.59. The predicted octanol–water partition coefficient (Wildman–Crippen LogP) is 3.27. The minimum Gasteiger partial charge on any atom is -0.467 e. The van der Waals surface area contributed by atoms with Crippen molar-refractivity contribution in [3.63, 3.8) is 0 Å². The first-order valence-corrected chi connectivity index (χ1v) is 6.66. The maximum absolute atomic E-state index is 11.9. The molecule has 2 aromatic rings. The molecular weight excluding hydrogens is 320 g/mol. The Labute approximate surface area is 124 Å². The second-order valence-corrected chi connectivity index (χ2v) is 4.90. The van der Waals surface area contributed by atoms with Crippen molar-refractivity contribution in [2.24, 2.45) is 0 Å². The van der Waals surface area contributed by atoms with Gasteiger partial charge in [-0.2, -0.15) is 5.26 Å². The number of halogens is 1. The van der Waals surface area contributed by atoms with Crippen LogP contribution in [0.4, 0.5) is 0 Å². The first-order chi connectivity index (χ1) is 9.69. The van der Waals surface area contributed by atoms with Crippen molar-refractivity contribution in [3.8, 4) is 6.07 Å². The van der Waals surface area contributed by atoms with Crippen molar-refractivity contribution in [2.75, 3.05) is 0 Å². The summed E-state index contributed by atoms with van der Waals surface area (Å²) in [6, 6.07) is 12.8. The summed E-state index contributed by atoms with van der Waals surface area (Å²) < 4.78 is 6.00. The minimum absolute atomic E-state index is 0.0506. The van der Waals surface area contributed by atoms with Crippen LogP contribution in [0.15, 0.2) is 57.1 Å². The monoisotopic (exact) mass is 330 g/mol. The van der Waals surface area contributed by atoms with Crippen molar-refractivity contribution in [1.29, 1.82) is 5.26 Å². The van der Waals surface area contributed by atoms with Gasteiger partial charge in [0, 0.05) is 4.47 Å². The summed E-state index contributed by atoms with van der Waals surface area (Å²) in [6.07, 6.45) is 3.08. The van der Waals surface area contributed by atoms with Crippen molar-refractivity contribution >= 4 is 27.9 Å². The average Bonchev–Trinajstić information content (AvgIpc) is 2.95. The fraction of sp³-hybridized carbons (Fsp3) is 0.0667. The maximum Gasteiger partial charge on any atom is 0.262 e. The van der Waals surface area contributed by atoms with Gasteiger partial charge in [-0.05, 0) is 35.9 Å². The van der Waals surface area contributed by atoms with Crippen LogP contribution in [0.25, 0.3) is 6.08 Å². The van der Waals surface area contributed by atoms with Gasteiger partial charge in [0.25, 0.3) is 5.91 Å². The van der Waals surface area contributed by atoms with Crippen LogP contribution >= 0.6 is 15.9 Å². The molecule has 0 aliphatic rings. The van der Waals surface area contributed by atoms with Crippen LogP contribution in [0.2, 0.25) is 0 Å². The summed E-state index contributed by atoms with van der Waals surface area (Å²) >= 11 is 3.34. The van der Waals surface area contributed by atoms with Crippen LogP contribution < -0.4 is 5.32 Å². The zero-order valence-corrected chi connectivity index (χ0v) is 12.1. The van der Waals surface area contributed by atoms with Crippen LogP contribution in [0, 0.1) is 11.3 Å². The van der Waals surface area contributed by atoms with Gasteiger partial charge in [0.1, 0.15) is 17.4 Å². The maximum atomic E-state index is 11.9. The van der Waals surface area contributed by atoms with Crippen LogP contribution in [-0.4, -0.2) is 5.91 Å². The van der Waals surface area contributed by atoms with E-state index in [2.05, 4.69) is 21.2 Å². The number of amides is 1. The number of hydrogen-bond donors (Lipinski definition) is 1. The minimum atomic E-state index is -0.427. The van der Waals surface area contributed by atoms with Crippen molar-refractivity contribution < 1.29 is 9.21 Å². The Hall–Kier alpha value is -2.32. The highest BCUT2D eigenvalue weighted by Crippen LogP contribution is 2.14. The Bertz CT molecular complexity index is 669. The molecule has 0 saturated carbocycles. The van der Waals surface area contributed by atoms with Gasteiger partial charge in [-0.1, -0.05) is 28.1 Å². The highest BCUT2D eigenvalue weighted by atomic mass is 79.9. The smallest absolute Gasteiger partial charge is 0.262 e. The van der Waals surface area contributed by atoms with Crippen molar-refractivity contribution in [2.45, 2.75) is 6.54 Å². The van der Waals surface area contributed by atoms with E-state index in [1.807, 2.05) is 30.3 Å². The third-order valence-corrected chi connectivity index (χ3v) is 3.02. The van der Waals surface area contributed by atoms with Gasteiger partial charge in [0.15, 0.2) is 0 Å². The first kappa shape index (κ1) is 14.1. The Morgan fingerprint density at radius 2 is 2.25 bits per heavy atom. The molecule has 1 aromatic heterocycles. The molecule has 4 nitrogen and oxygen atoms in total. The van der Waals surface area contributed by atoms with Gasteiger partial charge >= 0.3 is 0 Å². The number of nitrogens with zero attached hydrogens (tertiary/aromatic N) is 1. The molecule has 0 fully saturated rings. The summed E-state index contributed by atoms with van der Waals surface area (Å²) in [7, 11) is 0. The van der Waals surface area contributed by atoms with E-state index in [1.165, 1.54) is 6.26 Å². The molecule has 0 spiro atoms. The molecule has 100 valence electrons. The molecule has 1 heterocycles. The number of nitriles is 1. The Morgan fingerprint density at radius 3 is 2.90 bits per heavy atom. The van der Waals surface area contributed by atoms with E-state index >= 15 is 0 Å². The van der Waals surface area contributed by atoms with Gasteiger partial charge in [-0.3, -0.25) is 4.79 Å². The number of nitrogens with one attached hydrogen (secondary N) is 1. The molecule has 0 unspecified atom stereocenters. The van der Waals surface area contributed by atoms with Gasteiger partial charge in [0.05, 0.1) is 12.8 Å². The fourth-order valence-corrected chi connectivity index (χ4v) is 2.00. The number of rotatable bonds is 4. The van der Waals surface area contributed by atoms with Gasteiger partial charge in [-0.25, -0.2) is 0 Å². The van der Waals surface area contributed by atoms with Crippen molar-refractivity contribution in [3.05, 3.63) is 64.0 Å². The molecule has 0 saturated heterocycles. The molecule has 1 amide bonds. The summed E-state index contributed by atoms with van der Waals surface area (Å²) in [6.45, 7) is 0.253. The predicted molar refractivity (Wildman–Crippen MR) is 78.3 cm³/mol. The van der Waals surface area contributed by atoms with E-state index < -0.39 is 5.91 Å². The number of carbonyl (C=O) groups excluding carboxylic acids is 1. The molecule has 2 rings (SSSR count). The van der Waals surface area contributed by atoms with E-state index in [4.69, 9.17) is 9.68 Å². The van der Waals surface area contributed by atoms with E-state index in [-0.39, 0.29) is 12.1 Å². The van der Waals surface area contributed by atoms with Crippen LogP contribution in [0.5, 0.6) is 0 Å². The zero-order chi connectivity index (χ0) is 14.4. The van der Waals surface area contributed by atoms with Crippen LogP contribution in [0.3, 0.4) is 0 Å². The first-order valence-electron chi connectivity index (χ1n) is 5.87. The second kappa shape index (κ2) is 6.73. The molecule has 0 aliphatic carbocycles. The van der Waals surface area contributed by atoms with Gasteiger partial charge in [0.2, 0.25) is 0 Å². The summed E-state index contributed by atoms with van der Waals surface area (Å²) in [5.41, 5.74) is 0.832. The lowest BCUT2D eigenvalue weighted by atomic mass is 10.1. The number of benzene rings is 1. The molecule has 1 N–H and O–H groups in total. The topological polar surface area (TPSA) is 66.0 Å². The lowest BCUT2D eigenvalue weighted by Crippen LogP contribution is -2.23. The molecule has 5 heteroatoms. The van der Waals surface area contributed by atoms with E-state index in [9.17, 15) is 4.79 Å². The molecule has 0 atom stereocenters. The standard InChI is InChI=1S/C15H11BrN2O2/c16-13-4-1-3-11(8-13)7-12(9-17)15(19)18-10-14-5-2-6-20-14/h1-8H,10H2,(H,18,19)/b12-7+. The van der Waals surface area contributed by atoms with Crippen LogP contribution in [0.1, 0.15) is 11.3 Å². The third kappa shape index (κ3) is 3.84. The van der Waals surface area contributed by atoms with E-state index in [1.54, 1.807) is 18.2 Å². The SMILES string of the molecule is N#C/C(=C\c1cccc(Br)c1)C(=O)NCc1ccco1. The molecule has 1 aromatic carbocycles. The largest absolute Gasteiger partial charge is 0.467 e. The summed E-state index contributed by atoms with van der Waals surface area (Å²) in [4.78, 5) is 11.9. The average molecular weight is 331 g/mol. The lowest BCUT2D eigenvalue weighted by molar-refractivity contribution is -0.117. The third-order valence-electron chi connectivity index (χ3n) is 2.53. The van der Waals surface area contributed by atoms with E-state index in [0.29, 0.717) is 5.76 Å². The Balaban J connectivity index is 2.07. The summed E-state index contributed by atoms with van der Waals surface area (Å²) in [5.74, 6) is 0.210. The second-order valence-electron chi connectivity index (χ2n) is 3.99. The molecule has 20 heavy (non-hydrogen) atoms. The lowest BCUT2D eigenvalue weighted by Gasteiger charge is -2.02. The number of hydrogen-bond acceptors (Lipinski definition) is 3.